The lowest BCUT2D eigenvalue weighted by Gasteiger charge is -2.33. The van der Waals surface area contributed by atoms with Crippen molar-refractivity contribution in [1.29, 1.82) is 0 Å². The summed E-state index contributed by atoms with van der Waals surface area (Å²) in [5.41, 5.74) is 0.249. The first-order valence-electron chi connectivity index (χ1n) is 7.14. The molecule has 1 heterocycles. The maximum absolute atomic E-state index is 9.68. The van der Waals surface area contributed by atoms with E-state index in [9.17, 15) is 5.11 Å². The second-order valence-electron chi connectivity index (χ2n) is 5.93. The van der Waals surface area contributed by atoms with Crippen LogP contribution >= 0.6 is 11.8 Å². The average molecular weight is 257 g/mol. The number of thioether (sulfide) groups is 1. The van der Waals surface area contributed by atoms with Gasteiger partial charge in [-0.1, -0.05) is 12.8 Å². The number of hydrogen-bond donors (Lipinski definition) is 1. The normalized spacial score (nSPS) is 30.4. The molecule has 17 heavy (non-hydrogen) atoms. The van der Waals surface area contributed by atoms with Gasteiger partial charge in [-0.25, -0.2) is 0 Å². The summed E-state index contributed by atoms with van der Waals surface area (Å²) in [6.07, 6.45) is 11.4. The summed E-state index contributed by atoms with van der Waals surface area (Å²) in [7, 11) is 0. The summed E-state index contributed by atoms with van der Waals surface area (Å²) in [6, 6.07) is 0. The molecular weight excluding hydrogens is 230 g/mol. The minimum absolute atomic E-state index is 0.249. The van der Waals surface area contributed by atoms with Crippen molar-refractivity contribution in [1.82, 2.24) is 4.90 Å². The van der Waals surface area contributed by atoms with Crippen LogP contribution < -0.4 is 0 Å². The molecule has 0 amide bonds. The number of rotatable bonds is 4. The summed E-state index contributed by atoms with van der Waals surface area (Å²) < 4.78 is 0. The van der Waals surface area contributed by atoms with E-state index < -0.39 is 0 Å². The Morgan fingerprint density at radius 1 is 1.18 bits per heavy atom. The first-order valence-corrected chi connectivity index (χ1v) is 8.43. The standard InChI is InChI=1S/C14H27NOS/c1-17-13-5-4-9-15(10-6-13)11-14(12-16)7-2-3-8-14/h13,16H,2-12H2,1H3. The molecule has 1 N–H and O–H groups in total. The van der Waals surface area contributed by atoms with Gasteiger partial charge in [0.05, 0.1) is 0 Å². The van der Waals surface area contributed by atoms with E-state index in [1.165, 1.54) is 58.0 Å². The first kappa shape index (κ1) is 13.7. The third kappa shape index (κ3) is 3.62. The quantitative estimate of drug-likeness (QED) is 0.838. The second kappa shape index (κ2) is 6.44. The van der Waals surface area contributed by atoms with Gasteiger partial charge in [0.15, 0.2) is 0 Å². The van der Waals surface area contributed by atoms with E-state index in [4.69, 9.17) is 0 Å². The molecule has 3 heteroatoms. The highest BCUT2D eigenvalue weighted by molar-refractivity contribution is 7.99. The lowest BCUT2D eigenvalue weighted by molar-refractivity contribution is 0.0798. The fraction of sp³-hybridized carbons (Fsp3) is 1.00. The van der Waals surface area contributed by atoms with Crippen molar-refractivity contribution in [3.05, 3.63) is 0 Å². The first-order chi connectivity index (χ1) is 8.28. The van der Waals surface area contributed by atoms with E-state index in [0.29, 0.717) is 6.61 Å². The Morgan fingerprint density at radius 2 is 1.94 bits per heavy atom. The van der Waals surface area contributed by atoms with Crippen LogP contribution in [0.5, 0.6) is 0 Å². The Labute approximate surface area is 110 Å². The Hall–Kier alpha value is 0.270. The smallest absolute Gasteiger partial charge is 0.0499 e. The Kier molecular flexibility index (Phi) is 5.19. The third-order valence-electron chi connectivity index (χ3n) is 4.66. The maximum atomic E-state index is 9.68. The van der Waals surface area contributed by atoms with Crippen LogP contribution in [-0.4, -0.2) is 47.8 Å². The van der Waals surface area contributed by atoms with E-state index in [1.54, 1.807) is 0 Å². The Balaban J connectivity index is 1.85. The molecule has 2 rings (SSSR count). The van der Waals surface area contributed by atoms with Crippen molar-refractivity contribution in [2.24, 2.45) is 5.41 Å². The van der Waals surface area contributed by atoms with Crippen molar-refractivity contribution in [2.75, 3.05) is 32.5 Å². The van der Waals surface area contributed by atoms with Gasteiger partial charge < -0.3 is 10.0 Å². The molecule has 1 saturated heterocycles. The van der Waals surface area contributed by atoms with E-state index in [-0.39, 0.29) is 5.41 Å². The monoisotopic (exact) mass is 257 g/mol. The number of aliphatic hydroxyl groups excluding tert-OH is 1. The minimum atomic E-state index is 0.249. The number of hydrogen-bond acceptors (Lipinski definition) is 3. The van der Waals surface area contributed by atoms with E-state index in [2.05, 4.69) is 11.2 Å². The number of aliphatic hydroxyl groups is 1. The van der Waals surface area contributed by atoms with Gasteiger partial charge in [0.2, 0.25) is 0 Å². The van der Waals surface area contributed by atoms with Crippen LogP contribution in [0.15, 0.2) is 0 Å². The van der Waals surface area contributed by atoms with Gasteiger partial charge in [0, 0.05) is 23.8 Å². The van der Waals surface area contributed by atoms with E-state index in [1.807, 2.05) is 11.8 Å². The Morgan fingerprint density at radius 3 is 2.59 bits per heavy atom. The minimum Gasteiger partial charge on any atom is -0.396 e. The van der Waals surface area contributed by atoms with Crippen molar-refractivity contribution >= 4 is 11.8 Å². The molecule has 1 atom stereocenters. The van der Waals surface area contributed by atoms with Crippen molar-refractivity contribution < 1.29 is 5.11 Å². The zero-order valence-electron chi connectivity index (χ0n) is 11.2. The van der Waals surface area contributed by atoms with Crippen LogP contribution in [0.2, 0.25) is 0 Å². The summed E-state index contributed by atoms with van der Waals surface area (Å²) in [5.74, 6) is 0. The van der Waals surface area contributed by atoms with Gasteiger partial charge in [-0.2, -0.15) is 11.8 Å². The van der Waals surface area contributed by atoms with Crippen LogP contribution in [0.25, 0.3) is 0 Å². The van der Waals surface area contributed by atoms with Crippen LogP contribution in [0, 0.1) is 5.41 Å². The topological polar surface area (TPSA) is 23.5 Å². The highest BCUT2D eigenvalue weighted by Crippen LogP contribution is 2.38. The fourth-order valence-corrected chi connectivity index (χ4v) is 4.23. The summed E-state index contributed by atoms with van der Waals surface area (Å²) in [5, 5.41) is 10.6. The summed E-state index contributed by atoms with van der Waals surface area (Å²) >= 11 is 2.03. The van der Waals surface area contributed by atoms with Gasteiger partial charge >= 0.3 is 0 Å². The highest BCUT2D eigenvalue weighted by Gasteiger charge is 2.35. The molecule has 2 nitrogen and oxygen atoms in total. The molecule has 2 aliphatic rings. The molecule has 1 aliphatic carbocycles. The molecule has 0 spiro atoms. The lowest BCUT2D eigenvalue weighted by atomic mass is 9.86. The molecule has 0 aromatic carbocycles. The lowest BCUT2D eigenvalue weighted by Crippen LogP contribution is -2.39. The van der Waals surface area contributed by atoms with Crippen LogP contribution in [0.1, 0.15) is 44.9 Å². The van der Waals surface area contributed by atoms with Crippen LogP contribution in [0.3, 0.4) is 0 Å². The number of nitrogens with zero attached hydrogens (tertiary/aromatic N) is 1. The molecule has 0 aromatic heterocycles. The fourth-order valence-electron chi connectivity index (χ4n) is 3.48. The van der Waals surface area contributed by atoms with Gasteiger partial charge in [-0.05, 0) is 51.4 Å². The zero-order chi connectivity index (χ0) is 12.1. The van der Waals surface area contributed by atoms with Crippen LogP contribution in [0.4, 0.5) is 0 Å². The maximum Gasteiger partial charge on any atom is 0.0499 e. The van der Waals surface area contributed by atoms with Gasteiger partial charge in [0.25, 0.3) is 0 Å². The second-order valence-corrected chi connectivity index (χ2v) is 7.07. The van der Waals surface area contributed by atoms with Crippen molar-refractivity contribution in [2.45, 2.75) is 50.2 Å². The van der Waals surface area contributed by atoms with Crippen LogP contribution in [-0.2, 0) is 0 Å². The molecule has 1 aliphatic heterocycles. The zero-order valence-corrected chi connectivity index (χ0v) is 12.0. The molecule has 0 radical (unpaired) electrons. The SMILES string of the molecule is CSC1CCCN(CC2(CO)CCCC2)CC1. The number of likely N-dealkylation sites (tertiary alicyclic amines) is 1. The predicted octanol–water partition coefficient (Wildman–Crippen LogP) is 2.76. The predicted molar refractivity (Wildman–Crippen MR) is 75.6 cm³/mol. The molecule has 0 aromatic rings. The van der Waals surface area contributed by atoms with Gasteiger partial charge in [-0.3, -0.25) is 0 Å². The van der Waals surface area contributed by atoms with Gasteiger partial charge in [0.1, 0.15) is 0 Å². The van der Waals surface area contributed by atoms with Gasteiger partial charge in [-0.15, -0.1) is 0 Å². The molecular formula is C14H27NOS. The van der Waals surface area contributed by atoms with E-state index >= 15 is 0 Å². The highest BCUT2D eigenvalue weighted by atomic mass is 32.2. The summed E-state index contributed by atoms with van der Waals surface area (Å²) in [4.78, 5) is 2.62. The molecule has 100 valence electrons. The Bertz CT molecular complexity index is 228. The summed E-state index contributed by atoms with van der Waals surface area (Å²) in [6.45, 7) is 4.03. The van der Waals surface area contributed by atoms with Crippen molar-refractivity contribution in [3.8, 4) is 0 Å². The molecule has 1 saturated carbocycles. The molecule has 1 unspecified atom stereocenters. The van der Waals surface area contributed by atoms with Crippen molar-refractivity contribution in [3.63, 3.8) is 0 Å². The third-order valence-corrected chi connectivity index (χ3v) is 5.80. The molecule has 0 bridgehead atoms. The average Bonchev–Trinajstić information content (AvgIpc) is 2.70. The van der Waals surface area contributed by atoms with E-state index in [0.717, 1.165) is 11.8 Å². The largest absolute Gasteiger partial charge is 0.396 e. The molecule has 2 fully saturated rings.